The Morgan fingerprint density at radius 2 is 2.11 bits per heavy atom. The molecule has 1 aliphatic heterocycles. The number of rotatable bonds is 4. The van der Waals surface area contributed by atoms with Crippen LogP contribution in [0, 0.1) is 0 Å². The van der Waals surface area contributed by atoms with Crippen molar-refractivity contribution < 1.29 is 9.59 Å². The summed E-state index contributed by atoms with van der Waals surface area (Å²) in [5.41, 5.74) is 1.55. The Labute approximate surface area is 113 Å². The van der Waals surface area contributed by atoms with Crippen LogP contribution in [-0.2, 0) is 9.59 Å². The topological polar surface area (TPSA) is 49.4 Å². The van der Waals surface area contributed by atoms with E-state index in [1.807, 2.05) is 24.3 Å². The summed E-state index contributed by atoms with van der Waals surface area (Å²) >= 11 is 0. The number of carbonyl (C=O) groups is 2. The molecule has 0 unspecified atom stereocenters. The zero-order valence-electron chi connectivity index (χ0n) is 11.3. The molecule has 1 aliphatic rings. The van der Waals surface area contributed by atoms with E-state index in [9.17, 15) is 9.59 Å². The van der Waals surface area contributed by atoms with Crippen LogP contribution in [0.5, 0.6) is 0 Å². The van der Waals surface area contributed by atoms with Crippen LogP contribution in [0.4, 0.5) is 11.4 Å². The van der Waals surface area contributed by atoms with Gasteiger partial charge in [0.15, 0.2) is 0 Å². The molecular formula is C15H20N2O2. The first-order chi connectivity index (χ1) is 9.22. The Kier molecular flexibility index (Phi) is 4.55. The van der Waals surface area contributed by atoms with Gasteiger partial charge < -0.3 is 10.2 Å². The predicted octanol–water partition coefficient (Wildman–Crippen LogP) is 2.94. The largest absolute Gasteiger partial charge is 0.324 e. The maximum Gasteiger partial charge on any atom is 0.227 e. The lowest BCUT2D eigenvalue weighted by Gasteiger charge is -2.22. The molecule has 0 saturated heterocycles. The molecular weight excluding hydrogens is 240 g/mol. The molecule has 19 heavy (non-hydrogen) atoms. The SMILES string of the molecule is CCCCCC(=O)N1CCC(=O)Nc2ccccc21. The van der Waals surface area contributed by atoms with E-state index >= 15 is 0 Å². The normalized spacial score (nSPS) is 14.6. The van der Waals surface area contributed by atoms with Gasteiger partial charge in [-0.2, -0.15) is 0 Å². The minimum absolute atomic E-state index is 0.0312. The first-order valence-electron chi connectivity index (χ1n) is 6.91. The second-order valence-corrected chi connectivity index (χ2v) is 4.82. The standard InChI is InChI=1S/C15H20N2O2/c1-2-3-4-9-15(19)17-11-10-14(18)16-12-7-5-6-8-13(12)17/h5-8H,2-4,9-11H2,1H3,(H,16,18). The Morgan fingerprint density at radius 3 is 2.89 bits per heavy atom. The van der Waals surface area contributed by atoms with Crippen LogP contribution in [0.3, 0.4) is 0 Å². The monoisotopic (exact) mass is 260 g/mol. The Morgan fingerprint density at radius 1 is 1.32 bits per heavy atom. The molecule has 0 bridgehead atoms. The molecule has 0 aliphatic carbocycles. The van der Waals surface area contributed by atoms with Gasteiger partial charge in [0.25, 0.3) is 0 Å². The van der Waals surface area contributed by atoms with Crippen molar-refractivity contribution >= 4 is 23.2 Å². The Balaban J connectivity index is 2.16. The van der Waals surface area contributed by atoms with Crippen LogP contribution in [0.2, 0.25) is 0 Å². The smallest absolute Gasteiger partial charge is 0.227 e. The highest BCUT2D eigenvalue weighted by atomic mass is 16.2. The summed E-state index contributed by atoms with van der Waals surface area (Å²) in [7, 11) is 0. The first-order valence-corrected chi connectivity index (χ1v) is 6.91. The van der Waals surface area contributed by atoms with Gasteiger partial charge in [0.05, 0.1) is 11.4 Å². The Hall–Kier alpha value is -1.84. The van der Waals surface area contributed by atoms with Crippen LogP contribution in [0.15, 0.2) is 24.3 Å². The van der Waals surface area contributed by atoms with Crippen molar-refractivity contribution in [2.45, 2.75) is 39.0 Å². The second-order valence-electron chi connectivity index (χ2n) is 4.82. The van der Waals surface area contributed by atoms with Crippen LogP contribution in [-0.4, -0.2) is 18.4 Å². The van der Waals surface area contributed by atoms with E-state index in [2.05, 4.69) is 12.2 Å². The lowest BCUT2D eigenvalue weighted by atomic mass is 10.1. The number of nitrogens with one attached hydrogen (secondary N) is 1. The second kappa shape index (κ2) is 6.36. The quantitative estimate of drug-likeness (QED) is 0.846. The predicted molar refractivity (Wildman–Crippen MR) is 76.2 cm³/mol. The number of carbonyl (C=O) groups excluding carboxylic acids is 2. The highest BCUT2D eigenvalue weighted by Gasteiger charge is 2.22. The summed E-state index contributed by atoms with van der Waals surface area (Å²) in [5, 5.41) is 2.84. The maximum atomic E-state index is 12.3. The summed E-state index contributed by atoms with van der Waals surface area (Å²) in [6.07, 6.45) is 3.99. The average Bonchev–Trinajstić information content (AvgIpc) is 2.57. The summed E-state index contributed by atoms with van der Waals surface area (Å²) in [4.78, 5) is 25.6. The number of hydrogen-bond acceptors (Lipinski definition) is 2. The van der Waals surface area contributed by atoms with Gasteiger partial charge in [0, 0.05) is 19.4 Å². The molecule has 0 radical (unpaired) electrons. The minimum atomic E-state index is -0.0312. The molecule has 0 saturated carbocycles. The average molecular weight is 260 g/mol. The molecule has 1 aromatic rings. The van der Waals surface area contributed by atoms with Crippen molar-refractivity contribution in [2.75, 3.05) is 16.8 Å². The van der Waals surface area contributed by atoms with Crippen molar-refractivity contribution in [1.29, 1.82) is 0 Å². The van der Waals surface area contributed by atoms with Gasteiger partial charge in [0.1, 0.15) is 0 Å². The molecule has 0 aromatic heterocycles. The van der Waals surface area contributed by atoms with E-state index < -0.39 is 0 Å². The Bertz CT molecular complexity index is 471. The van der Waals surface area contributed by atoms with E-state index in [0.717, 1.165) is 30.6 Å². The zero-order valence-corrected chi connectivity index (χ0v) is 11.3. The van der Waals surface area contributed by atoms with E-state index in [4.69, 9.17) is 0 Å². The van der Waals surface area contributed by atoms with E-state index in [1.54, 1.807) is 4.90 Å². The van der Waals surface area contributed by atoms with Crippen molar-refractivity contribution in [1.82, 2.24) is 0 Å². The fraction of sp³-hybridized carbons (Fsp3) is 0.467. The van der Waals surface area contributed by atoms with Crippen LogP contribution in [0.25, 0.3) is 0 Å². The minimum Gasteiger partial charge on any atom is -0.324 e. The van der Waals surface area contributed by atoms with Crippen molar-refractivity contribution in [3.63, 3.8) is 0 Å². The number of fused-ring (bicyclic) bond motifs is 1. The number of anilines is 2. The third kappa shape index (κ3) is 3.34. The van der Waals surface area contributed by atoms with Gasteiger partial charge >= 0.3 is 0 Å². The number of amides is 2. The highest BCUT2D eigenvalue weighted by molar-refractivity contribution is 6.03. The molecule has 4 heteroatoms. The van der Waals surface area contributed by atoms with Crippen molar-refractivity contribution in [2.24, 2.45) is 0 Å². The molecule has 102 valence electrons. The van der Waals surface area contributed by atoms with E-state index in [1.165, 1.54) is 0 Å². The van der Waals surface area contributed by atoms with Gasteiger partial charge in [-0.05, 0) is 18.6 Å². The third-order valence-electron chi connectivity index (χ3n) is 3.33. The number of para-hydroxylation sites is 2. The van der Waals surface area contributed by atoms with E-state index in [-0.39, 0.29) is 11.8 Å². The fourth-order valence-electron chi connectivity index (χ4n) is 2.28. The molecule has 2 rings (SSSR count). The molecule has 2 amide bonds. The van der Waals surface area contributed by atoms with Gasteiger partial charge in [-0.1, -0.05) is 31.9 Å². The summed E-state index contributed by atoms with van der Waals surface area (Å²) in [6, 6.07) is 7.48. The van der Waals surface area contributed by atoms with Crippen molar-refractivity contribution in [3.05, 3.63) is 24.3 Å². The fourth-order valence-corrected chi connectivity index (χ4v) is 2.28. The highest BCUT2D eigenvalue weighted by Crippen LogP contribution is 2.29. The van der Waals surface area contributed by atoms with Crippen molar-refractivity contribution in [3.8, 4) is 0 Å². The van der Waals surface area contributed by atoms with Crippen LogP contribution in [0.1, 0.15) is 39.0 Å². The first kappa shape index (κ1) is 13.6. The molecule has 1 heterocycles. The van der Waals surface area contributed by atoms with Gasteiger partial charge in [0.2, 0.25) is 11.8 Å². The number of hydrogen-bond donors (Lipinski definition) is 1. The maximum absolute atomic E-state index is 12.3. The van der Waals surface area contributed by atoms with E-state index in [0.29, 0.717) is 19.4 Å². The van der Waals surface area contributed by atoms with Crippen LogP contribution < -0.4 is 10.2 Å². The number of nitrogens with zero attached hydrogens (tertiary/aromatic N) is 1. The number of unbranched alkanes of at least 4 members (excludes halogenated alkanes) is 2. The summed E-state index contributed by atoms with van der Waals surface area (Å²) in [5.74, 6) is 0.0775. The van der Waals surface area contributed by atoms with Gasteiger partial charge in [-0.3, -0.25) is 9.59 Å². The molecule has 4 nitrogen and oxygen atoms in total. The molecule has 0 fully saturated rings. The summed E-state index contributed by atoms with van der Waals surface area (Å²) in [6.45, 7) is 2.59. The lowest BCUT2D eigenvalue weighted by Crippen LogP contribution is -2.31. The third-order valence-corrected chi connectivity index (χ3v) is 3.33. The molecule has 1 N–H and O–H groups in total. The summed E-state index contributed by atoms with van der Waals surface area (Å²) < 4.78 is 0. The lowest BCUT2D eigenvalue weighted by molar-refractivity contribution is -0.118. The van der Waals surface area contributed by atoms with Gasteiger partial charge in [-0.25, -0.2) is 0 Å². The van der Waals surface area contributed by atoms with Gasteiger partial charge in [-0.15, -0.1) is 0 Å². The number of benzene rings is 1. The molecule has 0 atom stereocenters. The molecule has 1 aromatic carbocycles. The molecule has 0 spiro atoms. The zero-order chi connectivity index (χ0) is 13.7. The van der Waals surface area contributed by atoms with Crippen LogP contribution >= 0.6 is 0 Å².